The molecule has 1 aromatic rings. The molecule has 1 aliphatic rings. The van der Waals surface area contributed by atoms with Crippen molar-refractivity contribution in [2.45, 2.75) is 26.3 Å². The van der Waals surface area contributed by atoms with Gasteiger partial charge in [-0.15, -0.1) is 0 Å². The molecule has 1 atom stereocenters. The molecule has 0 radical (unpaired) electrons. The number of amides is 1. The molecule has 0 unspecified atom stereocenters. The van der Waals surface area contributed by atoms with Crippen LogP contribution in [0.15, 0.2) is 29.2 Å². The highest BCUT2D eigenvalue weighted by Gasteiger charge is 2.40. The molecular formula is C16H16FNO3S2. The number of carboxylic acid groups (broad SMARTS) is 1. The summed E-state index contributed by atoms with van der Waals surface area (Å²) in [7, 11) is 0. The van der Waals surface area contributed by atoms with Crippen LogP contribution in [0.25, 0.3) is 6.08 Å². The Balaban J connectivity index is 2.32. The zero-order valence-electron chi connectivity index (χ0n) is 12.7. The predicted octanol–water partition coefficient (Wildman–Crippen LogP) is 3.53. The van der Waals surface area contributed by atoms with Crippen molar-refractivity contribution in [3.8, 4) is 0 Å². The topological polar surface area (TPSA) is 57.6 Å². The van der Waals surface area contributed by atoms with E-state index in [4.69, 9.17) is 12.2 Å². The van der Waals surface area contributed by atoms with Gasteiger partial charge in [-0.05, 0) is 24.5 Å². The van der Waals surface area contributed by atoms with Crippen LogP contribution in [0, 0.1) is 11.7 Å². The zero-order chi connectivity index (χ0) is 17.1. The highest BCUT2D eigenvalue weighted by atomic mass is 32.2. The standard InChI is InChI=1S/C16H16FNO3S2/c1-9(2)7-12(15(20)21)18-14(19)13(23-16(18)22)8-10-5-3-4-6-11(10)17/h3-6,8-9,12H,7H2,1-2H3,(H,20,21)/b13-8-/t12-/m0/s1. The molecule has 0 spiro atoms. The fourth-order valence-corrected chi connectivity index (χ4v) is 3.59. The van der Waals surface area contributed by atoms with E-state index in [-0.39, 0.29) is 20.7 Å². The van der Waals surface area contributed by atoms with Crippen LogP contribution in [0.4, 0.5) is 4.39 Å². The van der Waals surface area contributed by atoms with Crippen LogP contribution in [0.1, 0.15) is 25.8 Å². The number of nitrogens with zero attached hydrogens (tertiary/aromatic N) is 1. The van der Waals surface area contributed by atoms with Crippen LogP contribution in [0.2, 0.25) is 0 Å². The zero-order valence-corrected chi connectivity index (χ0v) is 14.3. The Morgan fingerprint density at radius 1 is 1.43 bits per heavy atom. The van der Waals surface area contributed by atoms with E-state index in [1.807, 2.05) is 13.8 Å². The number of halogens is 1. The highest BCUT2D eigenvalue weighted by molar-refractivity contribution is 8.26. The molecule has 1 heterocycles. The maximum atomic E-state index is 13.7. The Bertz CT molecular complexity index is 688. The first-order valence-electron chi connectivity index (χ1n) is 7.05. The molecule has 1 amide bonds. The summed E-state index contributed by atoms with van der Waals surface area (Å²) in [5.74, 6) is -1.94. The number of rotatable bonds is 5. The van der Waals surface area contributed by atoms with Gasteiger partial charge in [-0.1, -0.05) is 56.0 Å². The van der Waals surface area contributed by atoms with Gasteiger partial charge in [-0.25, -0.2) is 9.18 Å². The SMILES string of the molecule is CC(C)C[C@@H](C(=O)O)N1C(=O)/C(=C/c2ccccc2F)SC1=S. The van der Waals surface area contributed by atoms with Gasteiger partial charge in [0.15, 0.2) is 0 Å². The van der Waals surface area contributed by atoms with Gasteiger partial charge in [-0.3, -0.25) is 9.69 Å². The minimum atomic E-state index is -1.10. The van der Waals surface area contributed by atoms with Gasteiger partial charge in [0.25, 0.3) is 5.91 Å². The average molecular weight is 353 g/mol. The minimum Gasteiger partial charge on any atom is -0.480 e. The normalized spacial score (nSPS) is 18.1. The summed E-state index contributed by atoms with van der Waals surface area (Å²) in [6, 6.07) is 5.06. The molecule has 0 bridgehead atoms. The summed E-state index contributed by atoms with van der Waals surface area (Å²) in [6.45, 7) is 3.76. The summed E-state index contributed by atoms with van der Waals surface area (Å²) >= 11 is 6.16. The fraction of sp³-hybridized carbons (Fsp3) is 0.312. The molecule has 0 saturated carbocycles. The largest absolute Gasteiger partial charge is 0.480 e. The van der Waals surface area contributed by atoms with E-state index in [0.29, 0.717) is 6.42 Å². The summed E-state index contributed by atoms with van der Waals surface area (Å²) in [6.07, 6.45) is 1.71. The van der Waals surface area contributed by atoms with E-state index < -0.39 is 23.7 Å². The van der Waals surface area contributed by atoms with Crippen molar-refractivity contribution in [2.24, 2.45) is 5.92 Å². The van der Waals surface area contributed by atoms with Crippen molar-refractivity contribution in [2.75, 3.05) is 0 Å². The molecule has 7 heteroatoms. The van der Waals surface area contributed by atoms with Crippen molar-refractivity contribution in [1.82, 2.24) is 4.90 Å². The van der Waals surface area contributed by atoms with Crippen LogP contribution in [0.3, 0.4) is 0 Å². The molecular weight excluding hydrogens is 337 g/mol. The summed E-state index contributed by atoms with van der Waals surface area (Å²) in [4.78, 5) is 25.4. The molecule has 1 saturated heterocycles. The minimum absolute atomic E-state index is 0.0938. The molecule has 1 aromatic carbocycles. The van der Waals surface area contributed by atoms with Gasteiger partial charge in [0.1, 0.15) is 16.2 Å². The summed E-state index contributed by atoms with van der Waals surface area (Å²) < 4.78 is 13.9. The first-order valence-corrected chi connectivity index (χ1v) is 8.28. The molecule has 122 valence electrons. The lowest BCUT2D eigenvalue weighted by Crippen LogP contribution is -2.44. The van der Waals surface area contributed by atoms with Crippen molar-refractivity contribution in [3.63, 3.8) is 0 Å². The van der Waals surface area contributed by atoms with Gasteiger partial charge in [0, 0.05) is 5.56 Å². The molecule has 23 heavy (non-hydrogen) atoms. The lowest BCUT2D eigenvalue weighted by Gasteiger charge is -2.24. The fourth-order valence-electron chi connectivity index (χ4n) is 2.25. The summed E-state index contributed by atoms with van der Waals surface area (Å²) in [5, 5.41) is 9.40. The second kappa shape index (κ2) is 7.23. The molecule has 0 aliphatic carbocycles. The van der Waals surface area contributed by atoms with Crippen LogP contribution in [-0.2, 0) is 9.59 Å². The number of benzene rings is 1. The Kier molecular flexibility index (Phi) is 5.54. The van der Waals surface area contributed by atoms with Crippen molar-refractivity contribution in [1.29, 1.82) is 0 Å². The number of aliphatic carboxylic acids is 1. The van der Waals surface area contributed by atoms with E-state index >= 15 is 0 Å². The molecule has 1 N–H and O–H groups in total. The number of hydrogen-bond donors (Lipinski definition) is 1. The van der Waals surface area contributed by atoms with Crippen molar-refractivity contribution >= 4 is 46.3 Å². The second-order valence-electron chi connectivity index (χ2n) is 5.56. The van der Waals surface area contributed by atoms with Gasteiger partial charge in [0.2, 0.25) is 0 Å². The molecule has 2 rings (SSSR count). The van der Waals surface area contributed by atoms with Gasteiger partial charge >= 0.3 is 5.97 Å². The second-order valence-corrected chi connectivity index (χ2v) is 7.23. The Morgan fingerprint density at radius 2 is 2.09 bits per heavy atom. The Hall–Kier alpha value is -1.73. The van der Waals surface area contributed by atoms with E-state index in [2.05, 4.69) is 0 Å². The first kappa shape index (κ1) is 17.6. The monoisotopic (exact) mass is 353 g/mol. The van der Waals surface area contributed by atoms with Crippen LogP contribution in [0.5, 0.6) is 0 Å². The van der Waals surface area contributed by atoms with Crippen LogP contribution in [-0.4, -0.2) is 32.2 Å². The van der Waals surface area contributed by atoms with E-state index in [1.165, 1.54) is 12.1 Å². The van der Waals surface area contributed by atoms with Crippen LogP contribution >= 0.6 is 24.0 Å². The van der Waals surface area contributed by atoms with Crippen molar-refractivity contribution < 1.29 is 19.1 Å². The predicted molar refractivity (Wildman–Crippen MR) is 92.3 cm³/mol. The third kappa shape index (κ3) is 3.97. The van der Waals surface area contributed by atoms with Gasteiger partial charge in [-0.2, -0.15) is 0 Å². The number of carbonyl (C=O) groups excluding carboxylic acids is 1. The number of carbonyl (C=O) groups is 2. The lowest BCUT2D eigenvalue weighted by atomic mass is 10.0. The maximum absolute atomic E-state index is 13.7. The number of thiocarbonyl (C=S) groups is 1. The number of carboxylic acids is 1. The maximum Gasteiger partial charge on any atom is 0.326 e. The van der Waals surface area contributed by atoms with Gasteiger partial charge in [0.05, 0.1) is 4.91 Å². The lowest BCUT2D eigenvalue weighted by molar-refractivity contribution is -0.145. The third-order valence-electron chi connectivity index (χ3n) is 3.31. The highest BCUT2D eigenvalue weighted by Crippen LogP contribution is 2.35. The van der Waals surface area contributed by atoms with Crippen molar-refractivity contribution in [3.05, 3.63) is 40.6 Å². The van der Waals surface area contributed by atoms with E-state index in [1.54, 1.807) is 18.2 Å². The number of hydrogen-bond acceptors (Lipinski definition) is 4. The quantitative estimate of drug-likeness (QED) is 0.648. The first-order chi connectivity index (χ1) is 10.8. The Morgan fingerprint density at radius 3 is 2.65 bits per heavy atom. The molecule has 1 fully saturated rings. The Labute approximate surface area is 143 Å². The summed E-state index contributed by atoms with van der Waals surface area (Å²) in [5.41, 5.74) is 0.267. The molecule has 1 aliphatic heterocycles. The average Bonchev–Trinajstić information content (AvgIpc) is 2.73. The third-order valence-corrected chi connectivity index (χ3v) is 4.64. The van der Waals surface area contributed by atoms with Gasteiger partial charge < -0.3 is 5.11 Å². The van der Waals surface area contributed by atoms with E-state index in [9.17, 15) is 19.1 Å². The molecule has 0 aromatic heterocycles. The molecule has 4 nitrogen and oxygen atoms in total. The number of thioether (sulfide) groups is 1. The van der Waals surface area contributed by atoms with Crippen LogP contribution < -0.4 is 0 Å². The smallest absolute Gasteiger partial charge is 0.326 e. The van der Waals surface area contributed by atoms with E-state index in [0.717, 1.165) is 16.7 Å².